The second-order valence-corrected chi connectivity index (χ2v) is 5.51. The first kappa shape index (κ1) is 13.0. The van der Waals surface area contributed by atoms with Crippen LogP contribution in [0.2, 0.25) is 0 Å². The Morgan fingerprint density at radius 3 is 2.89 bits per heavy atom. The van der Waals surface area contributed by atoms with Crippen molar-refractivity contribution in [3.8, 4) is 0 Å². The second kappa shape index (κ2) is 5.92. The van der Waals surface area contributed by atoms with Gasteiger partial charge in [-0.25, -0.2) is 4.39 Å². The molecule has 1 aromatic heterocycles. The minimum atomic E-state index is -0.490. The molecule has 2 rings (SSSR count). The Bertz CT molecular complexity index is 559. The van der Waals surface area contributed by atoms with Crippen LogP contribution in [0, 0.1) is 5.82 Å². The minimum absolute atomic E-state index is 0.114. The van der Waals surface area contributed by atoms with Gasteiger partial charge in [0.2, 0.25) is 5.13 Å². The number of carbonyl (C=O) groups excluding carboxylic acids is 1. The van der Waals surface area contributed by atoms with Crippen LogP contribution in [0.25, 0.3) is 0 Å². The number of thioether (sulfide) groups is 1. The lowest BCUT2D eigenvalue weighted by Gasteiger charge is -2.00. The summed E-state index contributed by atoms with van der Waals surface area (Å²) in [5.41, 5.74) is 0.114. The zero-order valence-electron chi connectivity index (χ0n) is 9.51. The molecular weight excluding hydrogens is 273 g/mol. The number of ketones is 1. The number of nitrogens with one attached hydrogen (secondary N) is 1. The van der Waals surface area contributed by atoms with Crippen molar-refractivity contribution in [2.75, 3.05) is 18.1 Å². The first-order valence-corrected chi connectivity index (χ1v) is 6.92. The predicted molar refractivity (Wildman–Crippen MR) is 70.9 cm³/mol. The fourth-order valence-electron chi connectivity index (χ4n) is 1.26. The maximum atomic E-state index is 13.4. The summed E-state index contributed by atoms with van der Waals surface area (Å²) in [6, 6.07) is 5.97. The Kier molecular flexibility index (Phi) is 4.27. The largest absolute Gasteiger partial charge is 0.363 e. The molecule has 0 amide bonds. The summed E-state index contributed by atoms with van der Waals surface area (Å²) < 4.78 is 14.0. The fraction of sp³-hybridized carbons (Fsp3) is 0.182. The van der Waals surface area contributed by atoms with E-state index in [0.717, 1.165) is 0 Å². The molecule has 0 bridgehead atoms. The molecule has 0 aliphatic heterocycles. The SMILES string of the molecule is CNc1nnc(SCC(=O)c2ccccc2F)s1. The normalized spacial score (nSPS) is 10.3. The number of rotatable bonds is 5. The number of anilines is 1. The van der Waals surface area contributed by atoms with E-state index in [2.05, 4.69) is 15.5 Å². The summed E-state index contributed by atoms with van der Waals surface area (Å²) in [6.07, 6.45) is 0. The summed E-state index contributed by atoms with van der Waals surface area (Å²) >= 11 is 2.61. The molecule has 0 radical (unpaired) electrons. The van der Waals surface area contributed by atoms with Gasteiger partial charge in [-0.15, -0.1) is 10.2 Å². The lowest BCUT2D eigenvalue weighted by Crippen LogP contribution is -2.04. The molecule has 7 heteroatoms. The van der Waals surface area contributed by atoms with Gasteiger partial charge in [0.05, 0.1) is 11.3 Å². The van der Waals surface area contributed by atoms with Crippen molar-refractivity contribution in [1.29, 1.82) is 0 Å². The van der Waals surface area contributed by atoms with Gasteiger partial charge in [-0.05, 0) is 12.1 Å². The van der Waals surface area contributed by atoms with E-state index in [1.807, 2.05) is 0 Å². The predicted octanol–water partition coefficient (Wildman–Crippen LogP) is 2.69. The highest BCUT2D eigenvalue weighted by Gasteiger charge is 2.12. The van der Waals surface area contributed by atoms with Gasteiger partial charge in [0.1, 0.15) is 5.82 Å². The maximum Gasteiger partial charge on any atom is 0.206 e. The average molecular weight is 283 g/mol. The number of aromatic nitrogens is 2. The molecule has 1 heterocycles. The molecule has 0 aliphatic carbocycles. The third-order valence-corrected chi connectivity index (χ3v) is 4.20. The van der Waals surface area contributed by atoms with E-state index in [-0.39, 0.29) is 17.1 Å². The Morgan fingerprint density at radius 1 is 1.44 bits per heavy atom. The van der Waals surface area contributed by atoms with Crippen LogP contribution in [0.3, 0.4) is 0 Å². The zero-order valence-corrected chi connectivity index (χ0v) is 11.1. The number of benzene rings is 1. The monoisotopic (exact) mass is 283 g/mol. The topological polar surface area (TPSA) is 54.9 Å². The van der Waals surface area contributed by atoms with E-state index >= 15 is 0 Å². The molecule has 94 valence electrons. The molecule has 0 saturated carbocycles. The van der Waals surface area contributed by atoms with Gasteiger partial charge >= 0.3 is 0 Å². The molecule has 0 saturated heterocycles. The third-order valence-electron chi connectivity index (χ3n) is 2.12. The lowest BCUT2D eigenvalue weighted by atomic mass is 10.1. The Hall–Kier alpha value is -1.47. The molecule has 4 nitrogen and oxygen atoms in total. The molecule has 0 atom stereocenters. The van der Waals surface area contributed by atoms with Crippen molar-refractivity contribution in [1.82, 2.24) is 10.2 Å². The first-order chi connectivity index (χ1) is 8.70. The van der Waals surface area contributed by atoms with Gasteiger partial charge in [-0.1, -0.05) is 35.2 Å². The van der Waals surface area contributed by atoms with Crippen LogP contribution >= 0.6 is 23.1 Å². The first-order valence-electron chi connectivity index (χ1n) is 5.12. The number of carbonyl (C=O) groups is 1. The summed E-state index contributed by atoms with van der Waals surface area (Å²) in [5, 5.41) is 11.3. The van der Waals surface area contributed by atoms with Gasteiger partial charge < -0.3 is 5.32 Å². The van der Waals surface area contributed by atoms with E-state index in [9.17, 15) is 9.18 Å². The van der Waals surface area contributed by atoms with Crippen LogP contribution in [-0.2, 0) is 0 Å². The molecule has 1 aromatic carbocycles. The van der Waals surface area contributed by atoms with Crippen molar-refractivity contribution in [3.05, 3.63) is 35.6 Å². The van der Waals surface area contributed by atoms with Crippen LogP contribution in [0.15, 0.2) is 28.6 Å². The molecule has 1 N–H and O–H groups in total. The van der Waals surface area contributed by atoms with Crippen LogP contribution in [0.5, 0.6) is 0 Å². The van der Waals surface area contributed by atoms with Crippen LogP contribution in [0.1, 0.15) is 10.4 Å². The Balaban J connectivity index is 1.98. The Morgan fingerprint density at radius 2 is 2.22 bits per heavy atom. The number of Topliss-reactive ketones (excluding diaryl/α,β-unsaturated/α-hetero) is 1. The third kappa shape index (κ3) is 3.05. The van der Waals surface area contributed by atoms with E-state index < -0.39 is 5.82 Å². The lowest BCUT2D eigenvalue weighted by molar-refractivity contribution is 0.101. The summed E-state index contributed by atoms with van der Waals surface area (Å²) in [4.78, 5) is 11.8. The van der Waals surface area contributed by atoms with Crippen LogP contribution in [0.4, 0.5) is 9.52 Å². The second-order valence-electron chi connectivity index (χ2n) is 3.31. The van der Waals surface area contributed by atoms with Gasteiger partial charge in [0.25, 0.3) is 0 Å². The van der Waals surface area contributed by atoms with E-state index in [4.69, 9.17) is 0 Å². The maximum absolute atomic E-state index is 13.4. The summed E-state index contributed by atoms with van der Waals surface area (Å²) in [6.45, 7) is 0. The smallest absolute Gasteiger partial charge is 0.206 e. The number of halogens is 1. The standard InChI is InChI=1S/C11H10FN3OS2/c1-13-10-14-15-11(18-10)17-6-9(16)7-4-2-3-5-8(7)12/h2-5H,6H2,1H3,(H,13,14). The fourth-order valence-corrected chi connectivity index (χ4v) is 2.85. The Labute approximate surface area is 112 Å². The van der Waals surface area contributed by atoms with Gasteiger partial charge in [-0.2, -0.15) is 0 Å². The van der Waals surface area contributed by atoms with Crippen molar-refractivity contribution in [2.45, 2.75) is 4.34 Å². The summed E-state index contributed by atoms with van der Waals surface area (Å²) in [5.74, 6) is -0.588. The molecule has 0 aliphatic rings. The van der Waals surface area contributed by atoms with Crippen molar-refractivity contribution >= 4 is 34.0 Å². The highest BCUT2D eigenvalue weighted by atomic mass is 32.2. The average Bonchev–Trinajstić information content (AvgIpc) is 2.84. The van der Waals surface area contributed by atoms with Crippen molar-refractivity contribution in [3.63, 3.8) is 0 Å². The highest BCUT2D eigenvalue weighted by Crippen LogP contribution is 2.25. The van der Waals surface area contributed by atoms with Gasteiger partial charge in [0.15, 0.2) is 10.1 Å². The molecule has 2 aromatic rings. The molecular formula is C11H10FN3OS2. The number of nitrogens with zero attached hydrogens (tertiary/aromatic N) is 2. The van der Waals surface area contributed by atoms with Gasteiger partial charge in [0, 0.05) is 7.05 Å². The van der Waals surface area contributed by atoms with E-state index in [1.165, 1.54) is 35.2 Å². The zero-order chi connectivity index (χ0) is 13.0. The number of hydrogen-bond donors (Lipinski definition) is 1. The molecule has 0 spiro atoms. The van der Waals surface area contributed by atoms with Crippen LogP contribution < -0.4 is 5.32 Å². The molecule has 18 heavy (non-hydrogen) atoms. The van der Waals surface area contributed by atoms with E-state index in [0.29, 0.717) is 9.47 Å². The molecule has 0 fully saturated rings. The minimum Gasteiger partial charge on any atom is -0.363 e. The number of hydrogen-bond acceptors (Lipinski definition) is 6. The highest BCUT2D eigenvalue weighted by molar-refractivity contribution is 8.01. The van der Waals surface area contributed by atoms with Crippen LogP contribution in [-0.4, -0.2) is 28.8 Å². The molecule has 0 unspecified atom stereocenters. The van der Waals surface area contributed by atoms with Gasteiger partial charge in [-0.3, -0.25) is 4.79 Å². The van der Waals surface area contributed by atoms with Crippen molar-refractivity contribution in [2.24, 2.45) is 0 Å². The van der Waals surface area contributed by atoms with Crippen molar-refractivity contribution < 1.29 is 9.18 Å². The quantitative estimate of drug-likeness (QED) is 0.675. The van der Waals surface area contributed by atoms with E-state index in [1.54, 1.807) is 19.2 Å². The summed E-state index contributed by atoms with van der Waals surface area (Å²) in [7, 11) is 1.75.